The van der Waals surface area contributed by atoms with E-state index in [1.807, 2.05) is 36.5 Å². The van der Waals surface area contributed by atoms with Gasteiger partial charge in [-0.3, -0.25) is 19.8 Å². The Bertz CT molecular complexity index is 3580. The third-order valence-corrected chi connectivity index (χ3v) is 19.8. The molecule has 22 nitrogen and oxygen atoms in total. The van der Waals surface area contributed by atoms with Gasteiger partial charge in [0.2, 0.25) is 11.8 Å². The minimum Gasteiger partial charge on any atom is -0.491 e. The number of aromatic amines is 1. The monoisotopic (exact) mass is 1150 g/mol. The molecule has 8 aliphatic rings. The molecule has 7 aliphatic heterocycles. The van der Waals surface area contributed by atoms with Crippen molar-refractivity contribution >= 4 is 61.3 Å². The number of amides is 1. The van der Waals surface area contributed by atoms with Crippen molar-refractivity contribution in [3.05, 3.63) is 112 Å². The summed E-state index contributed by atoms with van der Waals surface area (Å²) < 4.78 is 67.6. The highest BCUT2D eigenvalue weighted by molar-refractivity contribution is 7.90. The lowest BCUT2D eigenvalue weighted by Gasteiger charge is -2.58. The van der Waals surface area contributed by atoms with Crippen molar-refractivity contribution in [1.82, 2.24) is 29.6 Å². The Morgan fingerprint density at radius 2 is 1.73 bits per heavy atom. The molecule has 83 heavy (non-hydrogen) atoms. The predicted molar refractivity (Wildman–Crippen MR) is 309 cm³/mol. The number of pyridine rings is 1. The number of carbonyl (C=O) groups is 1. The van der Waals surface area contributed by atoms with Gasteiger partial charge in [-0.15, -0.1) is 0 Å². The van der Waals surface area contributed by atoms with E-state index in [-0.39, 0.29) is 65.8 Å². The minimum absolute atomic E-state index is 0.0191. The third-order valence-electron chi connectivity index (χ3n) is 18.5. The van der Waals surface area contributed by atoms with Gasteiger partial charge in [0.05, 0.1) is 70.8 Å². The molecule has 3 aromatic heterocycles. The van der Waals surface area contributed by atoms with Crippen LogP contribution in [0, 0.1) is 21.4 Å². The second kappa shape index (κ2) is 21.7. The quantitative estimate of drug-likeness (QED) is 0.0781. The number of nitrogens with zero attached hydrogens (tertiary/aromatic N) is 8. The number of para-hydroxylation sites is 1. The van der Waals surface area contributed by atoms with Crippen LogP contribution in [-0.2, 0) is 37.3 Å². The molecular weight excluding hydrogens is 1080 g/mol. The first-order chi connectivity index (χ1) is 40.3. The number of benzene rings is 3. The Morgan fingerprint density at radius 3 is 2.57 bits per heavy atom. The fourth-order valence-electron chi connectivity index (χ4n) is 14.1. The highest BCUT2D eigenvalue weighted by Gasteiger charge is 2.51. The Morgan fingerprint density at radius 1 is 0.904 bits per heavy atom. The molecule has 10 heterocycles. The molecule has 0 unspecified atom stereocenters. The molecule has 3 aromatic carbocycles. The molecule has 23 heteroatoms. The number of carbonyl (C=O) groups excluding carboxylic acids is 1. The average molecular weight is 1150 g/mol. The largest absolute Gasteiger partial charge is 0.491 e. The molecule has 1 saturated carbocycles. The smallest absolute Gasteiger partial charge is 0.297 e. The van der Waals surface area contributed by atoms with Crippen molar-refractivity contribution in [3.8, 4) is 17.4 Å². The number of piperazine rings is 1. The number of fused-ring (bicyclic) bond motifs is 5. The number of nitro benzene ring substituents is 1. The summed E-state index contributed by atoms with van der Waals surface area (Å²) in [4.78, 5) is 53.9. The second-order valence-corrected chi connectivity index (χ2v) is 25.5. The van der Waals surface area contributed by atoms with Crippen LogP contribution >= 0.6 is 0 Å². The first-order valence-electron chi connectivity index (χ1n) is 29.3. The van der Waals surface area contributed by atoms with Gasteiger partial charge in [0.15, 0.2) is 11.4 Å². The number of sulfonamides is 1. The number of nitrogens with one attached hydrogen (secondary N) is 3. The maximum atomic E-state index is 14.9. The van der Waals surface area contributed by atoms with Crippen molar-refractivity contribution in [1.29, 1.82) is 0 Å². The summed E-state index contributed by atoms with van der Waals surface area (Å²) in [6.07, 6.45) is 10.3. The summed E-state index contributed by atoms with van der Waals surface area (Å²) in [6.45, 7) is 11.4. The molecule has 1 spiro atoms. The number of ether oxygens (including phenoxy) is 6. The molecule has 1 amide bonds. The molecule has 14 rings (SSSR count). The molecule has 5 fully saturated rings. The van der Waals surface area contributed by atoms with Gasteiger partial charge < -0.3 is 53.4 Å². The van der Waals surface area contributed by atoms with Crippen LogP contribution in [0.1, 0.15) is 92.0 Å². The number of hydrogen-bond acceptors (Lipinski definition) is 19. The lowest BCUT2D eigenvalue weighted by atomic mass is 9.59. The van der Waals surface area contributed by atoms with Gasteiger partial charge in [-0.05, 0) is 119 Å². The summed E-state index contributed by atoms with van der Waals surface area (Å²) in [6, 6.07) is 20.0. The van der Waals surface area contributed by atoms with Crippen LogP contribution in [0.3, 0.4) is 0 Å². The van der Waals surface area contributed by atoms with Gasteiger partial charge in [-0.2, -0.15) is 4.98 Å². The van der Waals surface area contributed by atoms with Gasteiger partial charge >= 0.3 is 0 Å². The maximum absolute atomic E-state index is 14.9. The minimum atomic E-state index is -4.72. The second-order valence-electron chi connectivity index (χ2n) is 23.8. The summed E-state index contributed by atoms with van der Waals surface area (Å²) in [5, 5.41) is 16.7. The van der Waals surface area contributed by atoms with Crippen LogP contribution in [0.2, 0.25) is 0 Å². The van der Waals surface area contributed by atoms with E-state index in [1.54, 1.807) is 12.3 Å². The average Bonchev–Trinajstić information content (AvgIpc) is 3.80. The summed E-state index contributed by atoms with van der Waals surface area (Å²) in [5.41, 5.74) is 5.81. The van der Waals surface area contributed by atoms with E-state index in [2.05, 4.69) is 66.7 Å². The Kier molecular flexibility index (Phi) is 14.0. The number of anilines is 5. The first-order valence-corrected chi connectivity index (χ1v) is 30.8. The molecule has 4 atom stereocenters. The molecule has 0 bridgehead atoms. The van der Waals surface area contributed by atoms with Crippen molar-refractivity contribution in [2.45, 2.75) is 113 Å². The third kappa shape index (κ3) is 10.2. The predicted octanol–water partition coefficient (Wildman–Crippen LogP) is 7.84. The zero-order chi connectivity index (χ0) is 56.6. The van der Waals surface area contributed by atoms with Crippen LogP contribution in [0.5, 0.6) is 17.4 Å². The zero-order valence-electron chi connectivity index (χ0n) is 46.7. The van der Waals surface area contributed by atoms with E-state index in [9.17, 15) is 23.3 Å². The van der Waals surface area contributed by atoms with E-state index < -0.39 is 37.5 Å². The van der Waals surface area contributed by atoms with E-state index in [0.717, 1.165) is 118 Å². The van der Waals surface area contributed by atoms with E-state index in [4.69, 9.17) is 43.4 Å². The first kappa shape index (κ1) is 53.7. The summed E-state index contributed by atoms with van der Waals surface area (Å²) in [7, 11) is -4.72. The van der Waals surface area contributed by atoms with Gasteiger partial charge in [0.1, 0.15) is 29.8 Å². The summed E-state index contributed by atoms with van der Waals surface area (Å²) in [5.74, 6) is 1.28. The van der Waals surface area contributed by atoms with E-state index in [0.29, 0.717) is 68.4 Å². The fraction of sp³-hybridized carbons (Fsp3) is 0.500. The highest BCUT2D eigenvalue weighted by Crippen LogP contribution is 2.54. The number of aromatic nitrogens is 4. The van der Waals surface area contributed by atoms with Gasteiger partial charge in [0, 0.05) is 99.7 Å². The maximum Gasteiger partial charge on any atom is 0.297 e. The number of H-pyrrole nitrogens is 1. The lowest BCUT2D eigenvalue weighted by Crippen LogP contribution is -2.60. The standard InChI is InChI=1S/C60H69N11O11S/c1-36(2)81-52-6-4-3-5-43(52)51-32-68(59-62-31-39-12-23-78-33-45(39)64-59)19-20-69(51)41-29-60(30-41)14-17-67(18-15-60)40-7-8-44(48(26-40)70-47-13-24-79-35-54(47)82-58-50(70)25-38-9-16-61-56(38)65-58)57(72)66-83(75,76)42-27-49(71(73)74)55-53(28-42)80-34-46(63-55)37-10-21-77-22-11-37/h3-9,16,25-28,31,36-37,41,46-47,51,54,63H,10-15,17-24,29-30,32-35H2,1-2H3,(H,61,65)(H,66,72)/t46-,47-,51-,54-/m0/s1. The molecule has 436 valence electrons. The molecule has 6 aromatic rings. The fourth-order valence-corrected chi connectivity index (χ4v) is 15.1. The Balaban J connectivity index is 0.739. The Hall–Kier alpha value is -7.31. The lowest BCUT2D eigenvalue weighted by molar-refractivity contribution is -0.384. The topological polar surface area (TPSA) is 241 Å². The van der Waals surface area contributed by atoms with E-state index in [1.165, 1.54) is 11.6 Å². The Labute approximate surface area is 481 Å². The molecule has 0 radical (unpaired) electrons. The highest BCUT2D eigenvalue weighted by atomic mass is 32.2. The van der Waals surface area contributed by atoms with E-state index >= 15 is 0 Å². The van der Waals surface area contributed by atoms with Gasteiger partial charge in [0.25, 0.3) is 21.6 Å². The molecular formula is C60H69N11O11S. The van der Waals surface area contributed by atoms with Crippen molar-refractivity contribution in [2.24, 2.45) is 11.3 Å². The zero-order valence-corrected chi connectivity index (χ0v) is 47.5. The van der Waals surface area contributed by atoms with Crippen molar-refractivity contribution in [3.63, 3.8) is 0 Å². The SMILES string of the molecule is CC(C)Oc1ccccc1[C@@H]1CN(c2ncc3c(n2)COCC3)CCN1C1CC2(CCN(c3ccc(C(=O)NS(=O)(=O)c4cc5c(c([N+](=O)[O-])c4)N[C@H](C4CCOCC4)CO5)c(N4c5cc6cc[nH]c6nc5O[C@H]5COCC[C@@H]54)c3)CC2)C1. The van der Waals surface area contributed by atoms with Crippen LogP contribution in [0.4, 0.5) is 34.4 Å². The number of nitro groups is 1. The normalized spacial score (nSPS) is 23.7. The number of hydrogen-bond donors (Lipinski definition) is 3. The van der Waals surface area contributed by atoms with Crippen molar-refractivity contribution < 1.29 is 46.6 Å². The van der Waals surface area contributed by atoms with Gasteiger partial charge in [-0.25, -0.2) is 23.1 Å². The van der Waals surface area contributed by atoms with Gasteiger partial charge in [-0.1, -0.05) is 18.2 Å². The van der Waals surface area contributed by atoms with Crippen LogP contribution in [0.15, 0.2) is 84.0 Å². The number of rotatable bonds is 12. The van der Waals surface area contributed by atoms with Crippen LogP contribution < -0.4 is 38.9 Å². The van der Waals surface area contributed by atoms with Crippen LogP contribution in [0.25, 0.3) is 11.0 Å². The van der Waals surface area contributed by atoms with Crippen molar-refractivity contribution in [2.75, 3.05) is 92.4 Å². The van der Waals surface area contributed by atoms with Crippen LogP contribution in [-0.4, -0.2) is 147 Å². The molecule has 1 aliphatic carbocycles. The molecule has 4 saturated heterocycles. The number of piperidine rings is 1. The molecule has 3 N–H and O–H groups in total. The summed E-state index contributed by atoms with van der Waals surface area (Å²) >= 11 is 0.